The van der Waals surface area contributed by atoms with E-state index >= 15 is 0 Å². The van der Waals surface area contributed by atoms with E-state index in [1.807, 2.05) is 6.92 Å². The van der Waals surface area contributed by atoms with Crippen molar-refractivity contribution in [1.29, 1.82) is 0 Å². The molecule has 1 saturated heterocycles. The Bertz CT molecular complexity index is 371. The number of hydrogen-bond acceptors (Lipinski definition) is 3. The van der Waals surface area contributed by atoms with Crippen LogP contribution in [0.15, 0.2) is 0 Å². The Morgan fingerprint density at radius 2 is 2.00 bits per heavy atom. The SMILES string of the molecule is CCCC1(C(=O)OCC)OC12CCCCC2C(C)(C)C. The monoisotopic (exact) mass is 282 g/mol. The molecule has 0 aromatic heterocycles. The van der Waals surface area contributed by atoms with Crippen LogP contribution in [-0.2, 0) is 14.3 Å². The number of rotatable bonds is 4. The first-order chi connectivity index (χ1) is 9.34. The molecule has 0 amide bonds. The average molecular weight is 282 g/mol. The molecular formula is C17H30O3. The second-order valence-corrected chi connectivity index (χ2v) is 7.45. The maximum absolute atomic E-state index is 12.5. The molecule has 3 unspecified atom stereocenters. The highest BCUT2D eigenvalue weighted by Gasteiger charge is 2.78. The second kappa shape index (κ2) is 5.32. The Balaban J connectivity index is 2.31. The molecular weight excluding hydrogens is 252 g/mol. The van der Waals surface area contributed by atoms with E-state index in [1.165, 1.54) is 6.42 Å². The molecule has 0 bridgehead atoms. The average Bonchev–Trinajstić information content (AvgIpc) is 2.98. The summed E-state index contributed by atoms with van der Waals surface area (Å²) in [5, 5.41) is 0. The summed E-state index contributed by atoms with van der Waals surface area (Å²) in [6, 6.07) is 0. The summed E-state index contributed by atoms with van der Waals surface area (Å²) in [6.45, 7) is 11.2. The molecule has 3 atom stereocenters. The predicted molar refractivity (Wildman–Crippen MR) is 79.5 cm³/mol. The largest absolute Gasteiger partial charge is 0.464 e. The van der Waals surface area contributed by atoms with Crippen molar-refractivity contribution in [2.75, 3.05) is 6.61 Å². The summed E-state index contributed by atoms with van der Waals surface area (Å²) in [7, 11) is 0. The van der Waals surface area contributed by atoms with Crippen molar-refractivity contribution < 1.29 is 14.3 Å². The lowest BCUT2D eigenvalue weighted by Crippen LogP contribution is -2.46. The van der Waals surface area contributed by atoms with Gasteiger partial charge in [0, 0.05) is 0 Å². The molecule has 0 aromatic carbocycles. The van der Waals surface area contributed by atoms with Crippen molar-refractivity contribution in [3.63, 3.8) is 0 Å². The minimum atomic E-state index is -0.657. The number of carbonyl (C=O) groups is 1. The Morgan fingerprint density at radius 3 is 2.55 bits per heavy atom. The Morgan fingerprint density at radius 1 is 1.30 bits per heavy atom. The highest BCUT2D eigenvalue weighted by Crippen LogP contribution is 2.65. The van der Waals surface area contributed by atoms with Gasteiger partial charge in [-0.05, 0) is 37.5 Å². The summed E-state index contributed by atoms with van der Waals surface area (Å²) < 4.78 is 11.6. The molecule has 1 saturated carbocycles. The minimum absolute atomic E-state index is 0.127. The van der Waals surface area contributed by atoms with Crippen molar-refractivity contribution in [2.45, 2.75) is 84.3 Å². The van der Waals surface area contributed by atoms with Crippen molar-refractivity contribution in [2.24, 2.45) is 11.3 Å². The van der Waals surface area contributed by atoms with E-state index in [1.54, 1.807) is 0 Å². The van der Waals surface area contributed by atoms with Crippen LogP contribution >= 0.6 is 0 Å². The molecule has 20 heavy (non-hydrogen) atoms. The molecule has 1 aliphatic heterocycles. The summed E-state index contributed by atoms with van der Waals surface area (Å²) in [4.78, 5) is 12.5. The molecule has 1 heterocycles. The van der Waals surface area contributed by atoms with Gasteiger partial charge in [0.05, 0.1) is 6.61 Å². The molecule has 2 aliphatic rings. The Hall–Kier alpha value is -0.570. The third kappa shape index (κ3) is 2.28. The maximum atomic E-state index is 12.5. The van der Waals surface area contributed by atoms with Crippen LogP contribution in [-0.4, -0.2) is 23.8 Å². The maximum Gasteiger partial charge on any atom is 0.341 e. The van der Waals surface area contributed by atoms with Gasteiger partial charge in [0.15, 0.2) is 5.60 Å². The third-order valence-corrected chi connectivity index (χ3v) is 5.10. The van der Waals surface area contributed by atoms with E-state index in [0.717, 1.165) is 32.1 Å². The standard InChI is InChI=1S/C17H30O3/c1-6-11-17(14(18)19-7-2)16(20-17)12-9-8-10-13(16)15(3,4)5/h13H,6-12H2,1-5H3. The van der Waals surface area contributed by atoms with E-state index in [-0.39, 0.29) is 17.0 Å². The fourth-order valence-corrected chi connectivity index (χ4v) is 4.35. The number of hydrogen-bond donors (Lipinski definition) is 0. The number of epoxide rings is 1. The molecule has 0 radical (unpaired) electrons. The highest BCUT2D eigenvalue weighted by molar-refractivity contribution is 5.85. The van der Waals surface area contributed by atoms with Gasteiger partial charge in [0.25, 0.3) is 0 Å². The highest BCUT2D eigenvalue weighted by atomic mass is 16.7. The van der Waals surface area contributed by atoms with E-state index < -0.39 is 5.60 Å². The zero-order valence-corrected chi connectivity index (χ0v) is 13.8. The summed E-state index contributed by atoms with van der Waals surface area (Å²) >= 11 is 0. The van der Waals surface area contributed by atoms with Crippen LogP contribution in [0.1, 0.15) is 73.1 Å². The van der Waals surface area contributed by atoms with Crippen molar-refractivity contribution in [1.82, 2.24) is 0 Å². The quantitative estimate of drug-likeness (QED) is 0.576. The first-order valence-corrected chi connectivity index (χ1v) is 8.21. The van der Waals surface area contributed by atoms with Gasteiger partial charge < -0.3 is 9.47 Å². The van der Waals surface area contributed by atoms with Gasteiger partial charge in [-0.25, -0.2) is 4.79 Å². The predicted octanol–water partition coefficient (Wildman–Crippen LogP) is 4.09. The van der Waals surface area contributed by atoms with Gasteiger partial charge in [0.2, 0.25) is 0 Å². The van der Waals surface area contributed by atoms with Gasteiger partial charge >= 0.3 is 5.97 Å². The molecule has 3 nitrogen and oxygen atoms in total. The van der Waals surface area contributed by atoms with Crippen molar-refractivity contribution in [3.8, 4) is 0 Å². The van der Waals surface area contributed by atoms with Crippen LogP contribution in [0.25, 0.3) is 0 Å². The Kier molecular flexibility index (Phi) is 4.21. The van der Waals surface area contributed by atoms with Crippen LogP contribution in [0.3, 0.4) is 0 Å². The Labute approximate surface area is 123 Å². The molecule has 0 aromatic rings. The van der Waals surface area contributed by atoms with E-state index in [9.17, 15) is 4.79 Å². The molecule has 1 aliphatic carbocycles. The summed E-state index contributed by atoms with van der Waals surface area (Å²) in [5.74, 6) is 0.317. The first-order valence-electron chi connectivity index (χ1n) is 8.21. The van der Waals surface area contributed by atoms with Crippen molar-refractivity contribution >= 4 is 5.97 Å². The number of carbonyl (C=O) groups excluding carboxylic acids is 1. The second-order valence-electron chi connectivity index (χ2n) is 7.45. The van der Waals surface area contributed by atoms with E-state index in [0.29, 0.717) is 12.5 Å². The first kappa shape index (κ1) is 15.8. The lowest BCUT2D eigenvalue weighted by molar-refractivity contribution is -0.150. The summed E-state index contributed by atoms with van der Waals surface area (Å²) in [5.41, 5.74) is -0.746. The van der Waals surface area contributed by atoms with E-state index in [2.05, 4.69) is 27.7 Å². The van der Waals surface area contributed by atoms with Gasteiger partial charge in [0.1, 0.15) is 5.60 Å². The third-order valence-electron chi connectivity index (χ3n) is 5.10. The fraction of sp³-hybridized carbons (Fsp3) is 0.941. The smallest absolute Gasteiger partial charge is 0.341 e. The number of ether oxygens (including phenoxy) is 2. The van der Waals surface area contributed by atoms with Crippen LogP contribution in [0.2, 0.25) is 0 Å². The zero-order valence-electron chi connectivity index (χ0n) is 13.8. The normalized spacial score (nSPS) is 37.0. The van der Waals surface area contributed by atoms with Gasteiger partial charge in [-0.3, -0.25) is 0 Å². The zero-order chi connectivity index (χ0) is 15.0. The topological polar surface area (TPSA) is 38.8 Å². The van der Waals surface area contributed by atoms with Crippen LogP contribution in [0.4, 0.5) is 0 Å². The molecule has 116 valence electrons. The van der Waals surface area contributed by atoms with Crippen LogP contribution in [0.5, 0.6) is 0 Å². The van der Waals surface area contributed by atoms with E-state index in [4.69, 9.17) is 9.47 Å². The molecule has 1 spiro atoms. The lowest BCUT2D eigenvalue weighted by Gasteiger charge is -2.40. The van der Waals surface area contributed by atoms with Gasteiger partial charge in [-0.15, -0.1) is 0 Å². The molecule has 2 rings (SSSR count). The van der Waals surface area contributed by atoms with Gasteiger partial charge in [-0.2, -0.15) is 0 Å². The molecule has 0 N–H and O–H groups in total. The molecule has 2 fully saturated rings. The summed E-state index contributed by atoms with van der Waals surface area (Å²) in [6.07, 6.45) is 6.33. The fourth-order valence-electron chi connectivity index (χ4n) is 4.35. The van der Waals surface area contributed by atoms with Crippen molar-refractivity contribution in [3.05, 3.63) is 0 Å². The van der Waals surface area contributed by atoms with Gasteiger partial charge in [-0.1, -0.05) is 47.0 Å². The molecule has 3 heteroatoms. The minimum Gasteiger partial charge on any atom is -0.464 e. The van der Waals surface area contributed by atoms with Crippen LogP contribution in [0, 0.1) is 11.3 Å². The lowest BCUT2D eigenvalue weighted by atomic mass is 9.62. The van der Waals surface area contributed by atoms with Crippen LogP contribution < -0.4 is 0 Å². The number of esters is 1.